The smallest absolute Gasteiger partial charge is 0.286 e. The van der Waals surface area contributed by atoms with Gasteiger partial charge in [0.1, 0.15) is 12.4 Å². The largest absolute Gasteiger partial charge is 0.483 e. The summed E-state index contributed by atoms with van der Waals surface area (Å²) >= 11 is 0.967. The first-order chi connectivity index (χ1) is 13.5. The topological polar surface area (TPSA) is 83.1 Å². The van der Waals surface area contributed by atoms with E-state index in [1.165, 1.54) is 18.2 Å². The zero-order valence-electron chi connectivity index (χ0n) is 14.4. The lowest BCUT2D eigenvalue weighted by atomic mass is 10.3. The van der Waals surface area contributed by atoms with Crippen LogP contribution in [0.15, 0.2) is 65.2 Å². The van der Waals surface area contributed by atoms with Crippen molar-refractivity contribution in [2.24, 2.45) is 0 Å². The van der Waals surface area contributed by atoms with Gasteiger partial charge in [-0.15, -0.1) is 16.8 Å². The third-order valence-corrected chi connectivity index (χ3v) is 4.67. The molecule has 7 nitrogen and oxygen atoms in total. The monoisotopic (exact) mass is 404 g/mol. The Bertz CT molecular complexity index is 1030. The maximum Gasteiger partial charge on any atom is 0.286 e. The van der Waals surface area contributed by atoms with Gasteiger partial charge in [-0.05, 0) is 36.0 Å². The van der Waals surface area contributed by atoms with Crippen LogP contribution in [0.3, 0.4) is 0 Å². The Morgan fingerprint density at radius 3 is 2.75 bits per heavy atom. The normalized spacial score (nSPS) is 10.6. The molecule has 0 aliphatic carbocycles. The van der Waals surface area contributed by atoms with Crippen molar-refractivity contribution in [2.45, 2.75) is 23.2 Å². The second kappa shape index (κ2) is 8.61. The van der Waals surface area contributed by atoms with Crippen molar-refractivity contribution >= 4 is 17.4 Å². The number of rotatable bonds is 8. The summed E-state index contributed by atoms with van der Waals surface area (Å²) in [5.41, 5.74) is -0.373. The summed E-state index contributed by atoms with van der Waals surface area (Å²) < 4.78 is 34.1. The Morgan fingerprint density at radius 1 is 1.25 bits per heavy atom. The van der Waals surface area contributed by atoms with Crippen LogP contribution in [0.1, 0.15) is 5.82 Å². The molecule has 0 aliphatic rings. The van der Waals surface area contributed by atoms with Gasteiger partial charge in [0.2, 0.25) is 0 Å². The number of para-hydroxylation sites is 1. The molecule has 1 aromatic heterocycles. The van der Waals surface area contributed by atoms with Crippen molar-refractivity contribution in [1.29, 1.82) is 0 Å². The van der Waals surface area contributed by atoms with Gasteiger partial charge in [0.25, 0.3) is 5.69 Å². The van der Waals surface area contributed by atoms with E-state index in [2.05, 4.69) is 16.8 Å². The van der Waals surface area contributed by atoms with E-state index in [-0.39, 0.29) is 22.9 Å². The van der Waals surface area contributed by atoms with Gasteiger partial charge in [-0.1, -0.05) is 18.2 Å². The maximum atomic E-state index is 13.7. The van der Waals surface area contributed by atoms with Gasteiger partial charge in [0, 0.05) is 6.54 Å². The third kappa shape index (κ3) is 4.34. The Morgan fingerprint density at radius 2 is 2.04 bits per heavy atom. The van der Waals surface area contributed by atoms with Crippen LogP contribution in [-0.2, 0) is 13.2 Å². The molecule has 0 unspecified atom stereocenters. The van der Waals surface area contributed by atoms with E-state index < -0.39 is 16.6 Å². The van der Waals surface area contributed by atoms with Crippen LogP contribution in [0.25, 0.3) is 0 Å². The molecule has 0 radical (unpaired) electrons. The minimum atomic E-state index is -0.706. The molecule has 2 aromatic carbocycles. The van der Waals surface area contributed by atoms with Gasteiger partial charge >= 0.3 is 0 Å². The van der Waals surface area contributed by atoms with Crippen molar-refractivity contribution in [2.75, 3.05) is 0 Å². The van der Waals surface area contributed by atoms with Crippen molar-refractivity contribution in [3.05, 3.63) is 82.7 Å². The quantitative estimate of drug-likeness (QED) is 0.315. The van der Waals surface area contributed by atoms with Gasteiger partial charge in [-0.25, -0.2) is 8.78 Å². The predicted molar refractivity (Wildman–Crippen MR) is 98.1 cm³/mol. The molecule has 0 amide bonds. The summed E-state index contributed by atoms with van der Waals surface area (Å²) in [6, 6.07) is 9.24. The van der Waals surface area contributed by atoms with Crippen LogP contribution in [-0.4, -0.2) is 19.7 Å². The van der Waals surface area contributed by atoms with Gasteiger partial charge in [-0.2, -0.15) is 0 Å². The molecule has 0 fully saturated rings. The zero-order valence-corrected chi connectivity index (χ0v) is 15.2. The van der Waals surface area contributed by atoms with E-state index in [4.69, 9.17) is 4.74 Å². The minimum Gasteiger partial charge on any atom is -0.483 e. The highest BCUT2D eigenvalue weighted by molar-refractivity contribution is 7.99. The predicted octanol–water partition coefficient (Wildman–Crippen LogP) is 4.38. The summed E-state index contributed by atoms with van der Waals surface area (Å²) in [6.45, 7) is 3.91. The number of aromatic nitrogens is 3. The average molecular weight is 404 g/mol. The first-order valence-corrected chi connectivity index (χ1v) is 8.83. The molecular weight excluding hydrogens is 390 g/mol. The molecule has 10 heteroatoms. The van der Waals surface area contributed by atoms with Gasteiger partial charge in [-0.3, -0.25) is 14.7 Å². The highest BCUT2D eigenvalue weighted by Gasteiger charge is 2.20. The second-order valence-electron chi connectivity index (χ2n) is 5.49. The Balaban J connectivity index is 1.86. The van der Waals surface area contributed by atoms with Crippen LogP contribution < -0.4 is 4.74 Å². The Hall–Kier alpha value is -3.27. The molecular formula is C18H14F2N4O3S. The van der Waals surface area contributed by atoms with Crippen LogP contribution in [0.2, 0.25) is 0 Å². The number of allylic oxidation sites excluding steroid dienone is 1. The molecule has 3 aromatic rings. The summed E-state index contributed by atoms with van der Waals surface area (Å²) in [4.78, 5) is 10.7. The molecule has 3 rings (SSSR count). The summed E-state index contributed by atoms with van der Waals surface area (Å²) in [7, 11) is 0. The van der Waals surface area contributed by atoms with Gasteiger partial charge < -0.3 is 4.74 Å². The van der Waals surface area contributed by atoms with Crippen LogP contribution in [0.4, 0.5) is 14.5 Å². The molecule has 0 saturated heterocycles. The maximum absolute atomic E-state index is 13.7. The fraction of sp³-hybridized carbons (Fsp3) is 0.111. The lowest BCUT2D eigenvalue weighted by molar-refractivity contribution is -0.387. The fourth-order valence-electron chi connectivity index (χ4n) is 2.34. The van der Waals surface area contributed by atoms with E-state index in [1.54, 1.807) is 22.8 Å². The van der Waals surface area contributed by atoms with Crippen LogP contribution in [0.5, 0.6) is 5.75 Å². The highest BCUT2D eigenvalue weighted by atomic mass is 32.2. The summed E-state index contributed by atoms with van der Waals surface area (Å²) in [5.74, 6) is -0.758. The SMILES string of the molecule is C=CCn1c(COc2ccccc2F)nnc1Sc1ccc(F)cc1[N+](=O)[O-]. The van der Waals surface area contributed by atoms with Crippen molar-refractivity contribution in [3.63, 3.8) is 0 Å². The number of ether oxygens (including phenoxy) is 1. The number of hydrogen-bond acceptors (Lipinski definition) is 6. The van der Waals surface area contributed by atoms with E-state index in [0.29, 0.717) is 17.5 Å². The number of hydrogen-bond donors (Lipinski definition) is 0. The second-order valence-corrected chi connectivity index (χ2v) is 6.50. The number of halogens is 2. The lowest BCUT2D eigenvalue weighted by Gasteiger charge is -2.09. The van der Waals surface area contributed by atoms with E-state index in [9.17, 15) is 18.9 Å². The number of nitrogens with zero attached hydrogens (tertiary/aromatic N) is 4. The van der Waals surface area contributed by atoms with Crippen molar-refractivity contribution in [1.82, 2.24) is 14.8 Å². The van der Waals surface area contributed by atoms with E-state index in [0.717, 1.165) is 23.9 Å². The molecule has 144 valence electrons. The molecule has 0 saturated carbocycles. The minimum absolute atomic E-state index is 0.0617. The zero-order chi connectivity index (χ0) is 20.1. The van der Waals surface area contributed by atoms with Crippen molar-refractivity contribution < 1.29 is 18.4 Å². The molecule has 0 spiro atoms. The first kappa shape index (κ1) is 19.5. The molecule has 28 heavy (non-hydrogen) atoms. The average Bonchev–Trinajstić information content (AvgIpc) is 3.04. The van der Waals surface area contributed by atoms with Crippen molar-refractivity contribution in [3.8, 4) is 5.75 Å². The number of nitro benzene ring substituents is 1. The standard InChI is InChI=1S/C18H14F2N4O3S/c1-2-9-23-17(11-27-15-6-4-3-5-13(15)20)21-22-18(23)28-16-8-7-12(19)10-14(16)24(25)26/h2-8,10H,1,9,11H2. The van der Waals surface area contributed by atoms with Gasteiger partial charge in [0.15, 0.2) is 22.5 Å². The molecule has 0 atom stereocenters. The fourth-order valence-corrected chi connectivity index (χ4v) is 3.28. The van der Waals surface area contributed by atoms with Crippen LogP contribution >= 0.6 is 11.8 Å². The summed E-state index contributed by atoms with van der Waals surface area (Å²) in [6.07, 6.45) is 1.60. The summed E-state index contributed by atoms with van der Waals surface area (Å²) in [5, 5.41) is 19.6. The first-order valence-electron chi connectivity index (χ1n) is 8.01. The molecule has 0 bridgehead atoms. The van der Waals surface area contributed by atoms with Crippen LogP contribution in [0, 0.1) is 21.7 Å². The molecule has 0 N–H and O–H groups in total. The van der Waals surface area contributed by atoms with Gasteiger partial charge in [0.05, 0.1) is 15.9 Å². The Kier molecular flexibility index (Phi) is 5.99. The van der Waals surface area contributed by atoms with E-state index in [1.807, 2.05) is 0 Å². The number of nitro groups is 1. The molecule has 0 aliphatic heterocycles. The van der Waals surface area contributed by atoms with E-state index >= 15 is 0 Å². The molecule has 1 heterocycles. The lowest BCUT2D eigenvalue weighted by Crippen LogP contribution is -2.08. The Labute approximate surface area is 162 Å². The highest BCUT2D eigenvalue weighted by Crippen LogP contribution is 2.34. The third-order valence-electron chi connectivity index (χ3n) is 3.62. The number of benzene rings is 2.